The van der Waals surface area contributed by atoms with Gasteiger partial charge in [-0.05, 0) is 37.1 Å². The van der Waals surface area contributed by atoms with Crippen LogP contribution in [0.15, 0.2) is 35.1 Å². The van der Waals surface area contributed by atoms with Gasteiger partial charge in [0.15, 0.2) is 0 Å². The topological polar surface area (TPSA) is 66.9 Å². The quantitative estimate of drug-likeness (QED) is 0.702. The second kappa shape index (κ2) is 8.62. The Kier molecular flexibility index (Phi) is 6.52. The molecule has 0 atom stereocenters. The normalized spacial score (nSPS) is 10.4. The molecule has 5 nitrogen and oxygen atoms in total. The molecule has 0 saturated heterocycles. The van der Waals surface area contributed by atoms with E-state index in [9.17, 15) is 4.79 Å². The van der Waals surface area contributed by atoms with Crippen molar-refractivity contribution in [1.29, 1.82) is 0 Å². The molecule has 0 aliphatic heterocycles. The van der Waals surface area contributed by atoms with Crippen LogP contribution >= 0.6 is 15.9 Å². The van der Waals surface area contributed by atoms with Crippen molar-refractivity contribution >= 4 is 33.3 Å². The molecule has 0 fully saturated rings. The third-order valence-corrected chi connectivity index (χ3v) is 4.28. The number of carbonyl (C=O) groups excluding carboxylic acids is 1. The number of carbonyl (C=O) groups is 1. The van der Waals surface area contributed by atoms with Crippen LogP contribution in [0.4, 0.5) is 11.5 Å². The van der Waals surface area contributed by atoms with Crippen molar-refractivity contribution < 1.29 is 4.79 Å². The molecule has 23 heavy (non-hydrogen) atoms. The molecule has 0 aliphatic rings. The molecule has 1 heterocycles. The van der Waals surface area contributed by atoms with Gasteiger partial charge in [0, 0.05) is 16.7 Å². The Bertz CT molecular complexity index is 658. The van der Waals surface area contributed by atoms with Crippen molar-refractivity contribution in [2.24, 2.45) is 0 Å². The first-order valence-electron chi connectivity index (χ1n) is 7.73. The van der Waals surface area contributed by atoms with E-state index >= 15 is 0 Å². The molecule has 0 saturated carbocycles. The smallest absolute Gasteiger partial charge is 0.275 e. The predicted molar refractivity (Wildman–Crippen MR) is 96.9 cm³/mol. The van der Waals surface area contributed by atoms with Crippen molar-refractivity contribution in [2.75, 3.05) is 17.2 Å². The molecule has 0 bridgehead atoms. The lowest BCUT2D eigenvalue weighted by molar-refractivity contribution is 0.102. The second-order valence-corrected chi connectivity index (χ2v) is 6.19. The average Bonchev–Trinajstić information content (AvgIpc) is 2.55. The Hall–Kier alpha value is -1.95. The maximum absolute atomic E-state index is 12.2. The van der Waals surface area contributed by atoms with E-state index in [1.165, 1.54) is 19.0 Å². The van der Waals surface area contributed by atoms with E-state index in [-0.39, 0.29) is 5.91 Å². The highest BCUT2D eigenvalue weighted by Gasteiger charge is 2.09. The summed E-state index contributed by atoms with van der Waals surface area (Å²) in [6.07, 6.45) is 6.55. The molecule has 122 valence electrons. The van der Waals surface area contributed by atoms with Crippen LogP contribution in [0.25, 0.3) is 0 Å². The van der Waals surface area contributed by atoms with E-state index in [1.54, 1.807) is 6.20 Å². The maximum atomic E-state index is 12.2. The van der Waals surface area contributed by atoms with E-state index in [2.05, 4.69) is 43.5 Å². The summed E-state index contributed by atoms with van der Waals surface area (Å²) < 4.78 is 1.01. The van der Waals surface area contributed by atoms with E-state index in [4.69, 9.17) is 0 Å². The molecular formula is C17H21BrN4O. The molecule has 2 rings (SSSR count). The van der Waals surface area contributed by atoms with Gasteiger partial charge in [0.2, 0.25) is 0 Å². The summed E-state index contributed by atoms with van der Waals surface area (Å²) in [7, 11) is 0. The van der Waals surface area contributed by atoms with Gasteiger partial charge in [-0.15, -0.1) is 0 Å². The number of unbranched alkanes of at least 4 members (excludes halogenated alkanes) is 2. The Morgan fingerprint density at radius 2 is 2.04 bits per heavy atom. The molecule has 0 aliphatic carbocycles. The largest absolute Gasteiger partial charge is 0.369 e. The minimum Gasteiger partial charge on any atom is -0.369 e. The van der Waals surface area contributed by atoms with Gasteiger partial charge in [0.05, 0.1) is 12.4 Å². The van der Waals surface area contributed by atoms with Crippen molar-refractivity contribution in [2.45, 2.75) is 33.1 Å². The number of anilines is 2. The molecule has 6 heteroatoms. The number of nitrogens with one attached hydrogen (secondary N) is 2. The zero-order valence-electron chi connectivity index (χ0n) is 13.4. The minimum absolute atomic E-state index is 0.267. The highest BCUT2D eigenvalue weighted by Crippen LogP contribution is 2.20. The molecule has 1 aromatic carbocycles. The lowest BCUT2D eigenvalue weighted by Crippen LogP contribution is -2.14. The van der Waals surface area contributed by atoms with Gasteiger partial charge < -0.3 is 10.6 Å². The van der Waals surface area contributed by atoms with Crippen LogP contribution in [0.1, 0.15) is 42.2 Å². The first kappa shape index (κ1) is 17.4. The maximum Gasteiger partial charge on any atom is 0.275 e. The van der Waals surface area contributed by atoms with Crippen LogP contribution in [0, 0.1) is 6.92 Å². The SMILES string of the molecule is CCCCCNc1cnc(C(=O)Nc2ccc(Br)c(C)c2)cn1. The lowest BCUT2D eigenvalue weighted by Gasteiger charge is -2.08. The molecule has 0 unspecified atom stereocenters. The minimum atomic E-state index is -0.267. The van der Waals surface area contributed by atoms with E-state index in [0.717, 1.165) is 28.7 Å². The Morgan fingerprint density at radius 1 is 1.22 bits per heavy atom. The van der Waals surface area contributed by atoms with Gasteiger partial charge in [-0.2, -0.15) is 0 Å². The van der Waals surface area contributed by atoms with Gasteiger partial charge in [0.1, 0.15) is 11.5 Å². The highest BCUT2D eigenvalue weighted by atomic mass is 79.9. The number of benzene rings is 1. The molecule has 2 N–H and O–H groups in total. The third-order valence-electron chi connectivity index (χ3n) is 3.39. The predicted octanol–water partition coefficient (Wildman–Crippen LogP) is 4.40. The summed E-state index contributed by atoms with van der Waals surface area (Å²) in [6.45, 7) is 5.00. The van der Waals surface area contributed by atoms with Crippen LogP contribution in [-0.4, -0.2) is 22.4 Å². The standard InChI is InChI=1S/C17H21BrN4O/c1-3-4-5-8-19-16-11-20-15(10-21-16)17(23)22-13-6-7-14(18)12(2)9-13/h6-7,9-11H,3-5,8H2,1-2H3,(H,19,21)(H,22,23). The second-order valence-electron chi connectivity index (χ2n) is 5.34. The van der Waals surface area contributed by atoms with E-state index in [1.807, 2.05) is 25.1 Å². The monoisotopic (exact) mass is 376 g/mol. The zero-order valence-corrected chi connectivity index (χ0v) is 15.0. The van der Waals surface area contributed by atoms with Crippen molar-refractivity contribution in [3.05, 3.63) is 46.3 Å². The number of halogens is 1. The zero-order chi connectivity index (χ0) is 16.7. The summed E-state index contributed by atoms with van der Waals surface area (Å²) in [6, 6.07) is 5.64. The average molecular weight is 377 g/mol. The first-order chi connectivity index (χ1) is 11.1. The number of amides is 1. The number of hydrogen-bond acceptors (Lipinski definition) is 4. The Balaban J connectivity index is 1.93. The number of nitrogens with zero attached hydrogens (tertiary/aromatic N) is 2. The number of aryl methyl sites for hydroxylation is 1. The van der Waals surface area contributed by atoms with E-state index < -0.39 is 0 Å². The molecule has 0 spiro atoms. The summed E-state index contributed by atoms with van der Waals surface area (Å²) >= 11 is 3.44. The molecule has 0 radical (unpaired) electrons. The molecular weight excluding hydrogens is 356 g/mol. The number of hydrogen-bond donors (Lipinski definition) is 2. The summed E-state index contributed by atoms with van der Waals surface area (Å²) in [5, 5.41) is 6.02. The van der Waals surface area contributed by atoms with Crippen LogP contribution < -0.4 is 10.6 Å². The van der Waals surface area contributed by atoms with Gasteiger partial charge in [-0.3, -0.25) is 4.79 Å². The van der Waals surface area contributed by atoms with Gasteiger partial charge >= 0.3 is 0 Å². The molecule has 2 aromatic rings. The fraction of sp³-hybridized carbons (Fsp3) is 0.353. The van der Waals surface area contributed by atoms with Crippen LogP contribution in [-0.2, 0) is 0 Å². The Morgan fingerprint density at radius 3 is 2.70 bits per heavy atom. The molecule has 1 amide bonds. The van der Waals surface area contributed by atoms with Crippen LogP contribution in [0.2, 0.25) is 0 Å². The van der Waals surface area contributed by atoms with Crippen molar-refractivity contribution in [3.8, 4) is 0 Å². The van der Waals surface area contributed by atoms with Gasteiger partial charge in [-0.1, -0.05) is 35.7 Å². The summed E-state index contributed by atoms with van der Waals surface area (Å²) in [5.41, 5.74) is 2.09. The van der Waals surface area contributed by atoms with E-state index in [0.29, 0.717) is 11.5 Å². The van der Waals surface area contributed by atoms with Crippen LogP contribution in [0.5, 0.6) is 0 Å². The fourth-order valence-electron chi connectivity index (χ4n) is 2.05. The van der Waals surface area contributed by atoms with Gasteiger partial charge in [-0.25, -0.2) is 9.97 Å². The van der Waals surface area contributed by atoms with Gasteiger partial charge in [0.25, 0.3) is 5.91 Å². The number of aromatic nitrogens is 2. The van der Waals surface area contributed by atoms with Crippen LogP contribution in [0.3, 0.4) is 0 Å². The van der Waals surface area contributed by atoms with Crippen molar-refractivity contribution in [1.82, 2.24) is 9.97 Å². The van der Waals surface area contributed by atoms with Crippen molar-refractivity contribution in [3.63, 3.8) is 0 Å². The number of rotatable bonds is 7. The Labute approximate surface area is 145 Å². The summed E-state index contributed by atoms with van der Waals surface area (Å²) in [5.74, 6) is 0.425. The first-order valence-corrected chi connectivity index (χ1v) is 8.53. The molecule has 1 aromatic heterocycles. The lowest BCUT2D eigenvalue weighted by atomic mass is 10.2. The highest BCUT2D eigenvalue weighted by molar-refractivity contribution is 9.10. The fourth-order valence-corrected chi connectivity index (χ4v) is 2.29. The third kappa shape index (κ3) is 5.32. The summed E-state index contributed by atoms with van der Waals surface area (Å²) in [4.78, 5) is 20.6.